The number of unbranched alkanes of at least 4 members (excludes halogenated alkanes) is 25. The van der Waals surface area contributed by atoms with Crippen molar-refractivity contribution < 1.29 is 28.6 Å². The van der Waals surface area contributed by atoms with Gasteiger partial charge in [-0.05, 0) is 31.1 Å². The van der Waals surface area contributed by atoms with Crippen LogP contribution in [0.15, 0.2) is 0 Å². The van der Waals surface area contributed by atoms with Gasteiger partial charge in [-0.1, -0.05) is 214 Å². The number of ether oxygens (including phenoxy) is 3. The van der Waals surface area contributed by atoms with Gasteiger partial charge in [0, 0.05) is 19.3 Å². The Balaban J connectivity index is 4.35. The van der Waals surface area contributed by atoms with E-state index in [1.807, 2.05) is 0 Å². The van der Waals surface area contributed by atoms with Crippen LogP contribution < -0.4 is 0 Å². The molecule has 0 aliphatic heterocycles. The molecule has 0 aromatic rings. The molecule has 0 bridgehead atoms. The fraction of sp³-hybridized carbons (Fsp3) is 0.936. The molecule has 0 aromatic heterocycles. The van der Waals surface area contributed by atoms with Gasteiger partial charge in [-0.25, -0.2) is 0 Å². The molecule has 0 saturated carbocycles. The van der Waals surface area contributed by atoms with Crippen molar-refractivity contribution >= 4 is 17.9 Å². The predicted molar refractivity (Wildman–Crippen MR) is 224 cm³/mol. The Morgan fingerprint density at radius 3 is 1.08 bits per heavy atom. The minimum atomic E-state index is -0.760. The fourth-order valence-corrected chi connectivity index (χ4v) is 6.90. The quantitative estimate of drug-likeness (QED) is 0.0352. The van der Waals surface area contributed by atoms with E-state index >= 15 is 0 Å². The molecule has 0 radical (unpaired) electrons. The molecular weight excluding hydrogens is 661 g/mol. The molecule has 0 fully saturated rings. The largest absolute Gasteiger partial charge is 0.462 e. The summed E-state index contributed by atoms with van der Waals surface area (Å²) < 4.78 is 16.7. The van der Waals surface area contributed by atoms with Gasteiger partial charge in [-0.15, -0.1) is 0 Å². The predicted octanol–water partition coefficient (Wildman–Crippen LogP) is 14.6. The third-order valence-electron chi connectivity index (χ3n) is 10.8. The van der Waals surface area contributed by atoms with Crippen molar-refractivity contribution in [2.45, 2.75) is 259 Å². The fourth-order valence-electron chi connectivity index (χ4n) is 6.90. The van der Waals surface area contributed by atoms with Crippen molar-refractivity contribution in [1.29, 1.82) is 0 Å². The zero-order valence-electron chi connectivity index (χ0n) is 36.1. The Bertz CT molecular complexity index is 811. The summed E-state index contributed by atoms with van der Waals surface area (Å²) in [4.78, 5) is 37.7. The minimum Gasteiger partial charge on any atom is -0.462 e. The lowest BCUT2D eigenvalue weighted by Gasteiger charge is -2.18. The highest BCUT2D eigenvalue weighted by molar-refractivity contribution is 5.71. The summed E-state index contributed by atoms with van der Waals surface area (Å²) in [7, 11) is 0. The summed E-state index contributed by atoms with van der Waals surface area (Å²) in [5.41, 5.74) is 0. The van der Waals surface area contributed by atoms with Gasteiger partial charge in [0.25, 0.3) is 0 Å². The third-order valence-corrected chi connectivity index (χ3v) is 10.8. The number of esters is 3. The molecule has 53 heavy (non-hydrogen) atoms. The maximum absolute atomic E-state index is 12.7. The smallest absolute Gasteiger partial charge is 0.306 e. The van der Waals surface area contributed by atoms with Gasteiger partial charge in [-0.3, -0.25) is 14.4 Å². The molecule has 6 nitrogen and oxygen atoms in total. The Morgan fingerprint density at radius 2 is 0.717 bits per heavy atom. The molecule has 0 saturated heterocycles. The SMILES string of the molecule is CCCCCCCCCCCCCCC(=O)O[C@H](COC(=O)CCCCCCCCCCC(C)C)COC(=O)CCCCCCCCCCC(C)CC. The van der Waals surface area contributed by atoms with E-state index in [1.54, 1.807) is 0 Å². The van der Waals surface area contributed by atoms with Gasteiger partial charge in [0.1, 0.15) is 13.2 Å². The monoisotopic (exact) mass is 751 g/mol. The summed E-state index contributed by atoms with van der Waals surface area (Å²) in [5.74, 6) is 0.786. The molecule has 0 spiro atoms. The van der Waals surface area contributed by atoms with Crippen molar-refractivity contribution in [2.24, 2.45) is 11.8 Å². The lowest BCUT2D eigenvalue weighted by molar-refractivity contribution is -0.167. The lowest BCUT2D eigenvalue weighted by Crippen LogP contribution is -2.30. The van der Waals surface area contributed by atoms with E-state index < -0.39 is 6.10 Å². The topological polar surface area (TPSA) is 78.9 Å². The number of rotatable bonds is 41. The standard InChI is InChI=1S/C47H90O6/c1-6-8-9-10-11-12-13-14-15-24-29-34-39-47(50)53-44(40-51-45(48)37-32-27-22-18-16-20-25-30-35-42(3)4)41-52-46(49)38-33-28-23-19-17-21-26-31-36-43(5)7-2/h42-44H,6-41H2,1-5H3/t43?,44-/m1/s1. The third kappa shape index (κ3) is 39.9. The molecule has 1 unspecified atom stereocenters. The van der Waals surface area contributed by atoms with Gasteiger partial charge in [0.05, 0.1) is 0 Å². The first kappa shape index (κ1) is 51.4. The van der Waals surface area contributed by atoms with Crippen LogP contribution in [0.2, 0.25) is 0 Å². The summed E-state index contributed by atoms with van der Waals surface area (Å²) in [6.07, 6.45) is 38.0. The van der Waals surface area contributed by atoms with E-state index in [1.165, 1.54) is 141 Å². The van der Waals surface area contributed by atoms with Crippen molar-refractivity contribution in [3.05, 3.63) is 0 Å². The van der Waals surface area contributed by atoms with Gasteiger partial charge >= 0.3 is 17.9 Å². The molecule has 2 atom stereocenters. The van der Waals surface area contributed by atoms with Crippen LogP contribution in [-0.4, -0.2) is 37.2 Å². The Morgan fingerprint density at radius 1 is 0.396 bits per heavy atom. The molecule has 0 rings (SSSR count). The van der Waals surface area contributed by atoms with E-state index in [2.05, 4.69) is 34.6 Å². The molecule has 0 aliphatic rings. The maximum Gasteiger partial charge on any atom is 0.306 e. The van der Waals surface area contributed by atoms with Gasteiger partial charge in [0.15, 0.2) is 6.10 Å². The van der Waals surface area contributed by atoms with E-state index in [9.17, 15) is 14.4 Å². The molecule has 0 heterocycles. The highest BCUT2D eigenvalue weighted by Crippen LogP contribution is 2.17. The summed E-state index contributed by atoms with van der Waals surface area (Å²) in [6, 6.07) is 0. The average molecular weight is 751 g/mol. The molecule has 0 amide bonds. The molecule has 314 valence electrons. The maximum atomic E-state index is 12.7. The van der Waals surface area contributed by atoms with Crippen LogP contribution in [0.4, 0.5) is 0 Å². The van der Waals surface area contributed by atoms with Crippen molar-refractivity contribution in [1.82, 2.24) is 0 Å². The zero-order valence-corrected chi connectivity index (χ0v) is 36.1. The first-order chi connectivity index (χ1) is 25.8. The number of hydrogen-bond acceptors (Lipinski definition) is 6. The van der Waals surface area contributed by atoms with Crippen LogP contribution in [0.3, 0.4) is 0 Å². The first-order valence-electron chi connectivity index (χ1n) is 23.3. The van der Waals surface area contributed by atoms with Gasteiger partial charge in [0.2, 0.25) is 0 Å². The molecular formula is C47H90O6. The Labute approximate surface area is 329 Å². The van der Waals surface area contributed by atoms with Gasteiger partial charge < -0.3 is 14.2 Å². The van der Waals surface area contributed by atoms with Crippen LogP contribution >= 0.6 is 0 Å². The normalized spacial score (nSPS) is 12.6. The number of carbonyl (C=O) groups is 3. The van der Waals surface area contributed by atoms with Crippen LogP contribution in [0, 0.1) is 11.8 Å². The molecule has 0 aromatic carbocycles. The summed E-state index contributed by atoms with van der Waals surface area (Å²) in [6.45, 7) is 11.3. The lowest BCUT2D eigenvalue weighted by atomic mass is 9.99. The molecule has 0 aliphatic carbocycles. The van der Waals surface area contributed by atoms with Crippen LogP contribution in [0.1, 0.15) is 253 Å². The summed E-state index contributed by atoms with van der Waals surface area (Å²) in [5, 5.41) is 0. The van der Waals surface area contributed by atoms with Crippen LogP contribution in [0.25, 0.3) is 0 Å². The second kappa shape index (κ2) is 40.1. The van der Waals surface area contributed by atoms with Crippen LogP contribution in [0.5, 0.6) is 0 Å². The van der Waals surface area contributed by atoms with E-state index in [0.717, 1.165) is 69.6 Å². The highest BCUT2D eigenvalue weighted by atomic mass is 16.6. The molecule has 6 heteroatoms. The first-order valence-corrected chi connectivity index (χ1v) is 23.3. The highest BCUT2D eigenvalue weighted by Gasteiger charge is 2.19. The van der Waals surface area contributed by atoms with E-state index in [-0.39, 0.29) is 31.1 Å². The second-order valence-electron chi connectivity index (χ2n) is 16.8. The Hall–Kier alpha value is -1.59. The van der Waals surface area contributed by atoms with Gasteiger partial charge in [-0.2, -0.15) is 0 Å². The number of hydrogen-bond donors (Lipinski definition) is 0. The van der Waals surface area contributed by atoms with Crippen molar-refractivity contribution in [3.63, 3.8) is 0 Å². The minimum absolute atomic E-state index is 0.0654. The zero-order chi connectivity index (χ0) is 39.0. The summed E-state index contributed by atoms with van der Waals surface area (Å²) >= 11 is 0. The second-order valence-corrected chi connectivity index (χ2v) is 16.8. The molecule has 0 N–H and O–H groups in total. The Kier molecular flexibility index (Phi) is 38.9. The van der Waals surface area contributed by atoms with E-state index in [4.69, 9.17) is 14.2 Å². The number of carbonyl (C=O) groups excluding carboxylic acids is 3. The average Bonchev–Trinajstić information content (AvgIpc) is 3.14. The van der Waals surface area contributed by atoms with Crippen molar-refractivity contribution in [3.8, 4) is 0 Å². The van der Waals surface area contributed by atoms with Crippen LogP contribution in [-0.2, 0) is 28.6 Å². The van der Waals surface area contributed by atoms with E-state index in [0.29, 0.717) is 19.3 Å². The van der Waals surface area contributed by atoms with Crippen molar-refractivity contribution in [2.75, 3.05) is 13.2 Å².